The van der Waals surface area contributed by atoms with E-state index in [4.69, 9.17) is 11.0 Å². The second-order valence-corrected chi connectivity index (χ2v) is 6.59. The first-order chi connectivity index (χ1) is 14.3. The Labute approximate surface area is 172 Å². The molecule has 5 nitrogen and oxygen atoms in total. The zero-order valence-corrected chi connectivity index (χ0v) is 15.6. The number of rotatable bonds is 6. The Morgan fingerprint density at radius 1 is 1.00 bits per heavy atom. The van der Waals surface area contributed by atoms with Gasteiger partial charge in [0, 0.05) is 6.42 Å². The number of carbonyl (C=O) groups is 2. The zero-order chi connectivity index (χ0) is 23.4. The van der Waals surface area contributed by atoms with Crippen LogP contribution in [0.15, 0.2) is 42.5 Å². The quantitative estimate of drug-likeness (QED) is 0.671. The summed E-state index contributed by atoms with van der Waals surface area (Å²) < 4.78 is 77.7. The summed E-state index contributed by atoms with van der Waals surface area (Å²) in [6.45, 7) is 0. The fourth-order valence-electron chi connectivity index (χ4n) is 2.80. The number of benzene rings is 2. The minimum absolute atomic E-state index is 0.0492. The van der Waals surface area contributed by atoms with Crippen molar-refractivity contribution in [2.24, 2.45) is 5.73 Å². The van der Waals surface area contributed by atoms with Gasteiger partial charge in [0.25, 0.3) is 0 Å². The van der Waals surface area contributed by atoms with Crippen molar-refractivity contribution >= 4 is 11.8 Å². The summed E-state index contributed by atoms with van der Waals surface area (Å²) in [6.07, 6.45) is -11.1. The minimum Gasteiger partial charge on any atom is -0.368 e. The number of hydrogen-bond donors (Lipinski definition) is 2. The van der Waals surface area contributed by atoms with Crippen molar-refractivity contribution < 1.29 is 35.9 Å². The molecule has 0 aliphatic rings. The van der Waals surface area contributed by atoms with Gasteiger partial charge in [0.05, 0.1) is 29.2 Å². The average Bonchev–Trinajstić information content (AvgIpc) is 2.66. The maximum absolute atomic E-state index is 12.9. The van der Waals surface area contributed by atoms with Crippen LogP contribution in [0.4, 0.5) is 26.3 Å². The summed E-state index contributed by atoms with van der Waals surface area (Å²) in [6, 6.07) is 7.52. The van der Waals surface area contributed by atoms with Crippen molar-refractivity contribution in [1.82, 2.24) is 5.32 Å². The standard InChI is InChI=1S/C20H15F6N3O2/c21-19(22,23)14-5-11(6-15(9-14)20(24,25)26)7-17(30)29-16(18(28)31)8-12-3-1-2-4-13(12)10-27/h1-6,9,16H,7-8H2,(H2,28,31)(H,29,30)/t16-/m1/s1. The third kappa shape index (κ3) is 6.47. The van der Waals surface area contributed by atoms with Gasteiger partial charge in [-0.1, -0.05) is 18.2 Å². The van der Waals surface area contributed by atoms with Crippen LogP contribution in [0.1, 0.15) is 27.8 Å². The number of nitriles is 1. The van der Waals surface area contributed by atoms with Gasteiger partial charge in [-0.15, -0.1) is 0 Å². The molecule has 0 unspecified atom stereocenters. The zero-order valence-electron chi connectivity index (χ0n) is 15.6. The third-order valence-corrected chi connectivity index (χ3v) is 4.25. The smallest absolute Gasteiger partial charge is 0.368 e. The Hall–Kier alpha value is -3.55. The first-order valence-corrected chi connectivity index (χ1v) is 8.66. The number of primary amides is 1. The number of nitrogens with one attached hydrogen (secondary N) is 1. The molecule has 0 saturated heterocycles. The van der Waals surface area contributed by atoms with Crippen molar-refractivity contribution in [3.05, 3.63) is 70.3 Å². The van der Waals surface area contributed by atoms with Gasteiger partial charge in [-0.3, -0.25) is 9.59 Å². The Bertz CT molecular complexity index is 993. The van der Waals surface area contributed by atoms with E-state index in [1.165, 1.54) is 12.1 Å². The fourth-order valence-corrected chi connectivity index (χ4v) is 2.80. The van der Waals surface area contributed by atoms with Gasteiger partial charge in [0.1, 0.15) is 6.04 Å². The highest BCUT2D eigenvalue weighted by molar-refractivity contribution is 5.87. The Morgan fingerprint density at radius 2 is 1.55 bits per heavy atom. The van der Waals surface area contributed by atoms with Gasteiger partial charge in [0.2, 0.25) is 11.8 Å². The SMILES string of the molecule is N#Cc1ccccc1C[C@@H](NC(=O)Cc1cc(C(F)(F)F)cc(C(F)(F)F)c1)C(N)=O. The molecule has 2 rings (SSSR count). The number of halogens is 6. The maximum atomic E-state index is 12.9. The molecule has 2 amide bonds. The maximum Gasteiger partial charge on any atom is 0.416 e. The normalized spacial score (nSPS) is 12.7. The van der Waals surface area contributed by atoms with E-state index in [9.17, 15) is 35.9 Å². The van der Waals surface area contributed by atoms with E-state index in [2.05, 4.69) is 5.32 Å². The number of nitrogens with two attached hydrogens (primary N) is 1. The molecule has 0 spiro atoms. The lowest BCUT2D eigenvalue weighted by Crippen LogP contribution is -2.46. The fraction of sp³-hybridized carbons (Fsp3) is 0.250. The van der Waals surface area contributed by atoms with Crippen molar-refractivity contribution in [2.75, 3.05) is 0 Å². The summed E-state index contributed by atoms with van der Waals surface area (Å²) >= 11 is 0. The van der Waals surface area contributed by atoms with Crippen LogP contribution in [-0.4, -0.2) is 17.9 Å². The highest BCUT2D eigenvalue weighted by atomic mass is 19.4. The lowest BCUT2D eigenvalue weighted by Gasteiger charge is -2.17. The Kier molecular flexibility index (Phi) is 6.95. The first-order valence-electron chi connectivity index (χ1n) is 8.66. The molecule has 11 heteroatoms. The van der Waals surface area contributed by atoms with Gasteiger partial charge in [-0.25, -0.2) is 0 Å². The molecular formula is C20H15F6N3O2. The molecule has 2 aromatic carbocycles. The highest BCUT2D eigenvalue weighted by Crippen LogP contribution is 2.36. The number of nitrogens with zero attached hydrogens (tertiary/aromatic N) is 1. The molecule has 164 valence electrons. The second kappa shape index (κ2) is 9.07. The van der Waals surface area contributed by atoms with Gasteiger partial charge >= 0.3 is 12.4 Å². The first kappa shape index (κ1) is 23.7. The molecule has 0 heterocycles. The number of alkyl halides is 6. The number of carbonyl (C=O) groups excluding carboxylic acids is 2. The molecular weight excluding hydrogens is 428 g/mol. The molecule has 0 aromatic heterocycles. The minimum atomic E-state index is -5.05. The number of hydrogen-bond acceptors (Lipinski definition) is 3. The summed E-state index contributed by atoms with van der Waals surface area (Å²) in [5.41, 5.74) is 2.19. The van der Waals surface area contributed by atoms with Crippen molar-refractivity contribution in [1.29, 1.82) is 5.26 Å². The highest BCUT2D eigenvalue weighted by Gasteiger charge is 2.37. The topological polar surface area (TPSA) is 96.0 Å². The average molecular weight is 443 g/mol. The molecule has 2 aromatic rings. The van der Waals surface area contributed by atoms with E-state index < -0.39 is 53.3 Å². The summed E-state index contributed by atoms with van der Waals surface area (Å²) in [7, 11) is 0. The Balaban J connectivity index is 2.25. The molecule has 0 aliphatic heterocycles. The van der Waals surface area contributed by atoms with Gasteiger partial charge in [-0.05, 0) is 35.4 Å². The molecule has 0 radical (unpaired) electrons. The van der Waals surface area contributed by atoms with E-state index >= 15 is 0 Å². The predicted octanol–water partition coefficient (Wildman–Crippen LogP) is 3.35. The third-order valence-electron chi connectivity index (χ3n) is 4.25. The molecule has 0 bridgehead atoms. The van der Waals surface area contributed by atoms with Crippen LogP contribution in [0, 0.1) is 11.3 Å². The molecule has 0 saturated carbocycles. The molecule has 1 atom stereocenters. The monoisotopic (exact) mass is 443 g/mol. The summed E-state index contributed by atoms with van der Waals surface area (Å²) in [5.74, 6) is -1.99. The van der Waals surface area contributed by atoms with E-state index in [0.717, 1.165) is 0 Å². The second-order valence-electron chi connectivity index (χ2n) is 6.59. The lowest BCUT2D eigenvalue weighted by atomic mass is 9.99. The van der Waals surface area contributed by atoms with Crippen LogP contribution in [0.2, 0.25) is 0 Å². The Morgan fingerprint density at radius 3 is 2.03 bits per heavy atom. The van der Waals surface area contributed by atoms with Crippen molar-refractivity contribution in [2.45, 2.75) is 31.2 Å². The van der Waals surface area contributed by atoms with Crippen LogP contribution < -0.4 is 11.1 Å². The van der Waals surface area contributed by atoms with Crippen LogP contribution in [0.3, 0.4) is 0 Å². The van der Waals surface area contributed by atoms with Gasteiger partial charge < -0.3 is 11.1 Å². The largest absolute Gasteiger partial charge is 0.416 e. The molecule has 3 N–H and O–H groups in total. The number of amides is 2. The van der Waals surface area contributed by atoms with E-state index in [-0.39, 0.29) is 18.1 Å². The molecule has 31 heavy (non-hydrogen) atoms. The predicted molar refractivity (Wildman–Crippen MR) is 96.1 cm³/mol. The van der Waals surface area contributed by atoms with Crippen LogP contribution >= 0.6 is 0 Å². The lowest BCUT2D eigenvalue weighted by molar-refractivity contribution is -0.143. The van der Waals surface area contributed by atoms with E-state index in [1.54, 1.807) is 12.1 Å². The summed E-state index contributed by atoms with van der Waals surface area (Å²) in [5, 5.41) is 11.3. The van der Waals surface area contributed by atoms with Crippen LogP contribution in [-0.2, 0) is 34.8 Å². The van der Waals surface area contributed by atoms with E-state index in [1.807, 2.05) is 6.07 Å². The van der Waals surface area contributed by atoms with Crippen LogP contribution in [0.5, 0.6) is 0 Å². The molecule has 0 fully saturated rings. The molecule has 0 aliphatic carbocycles. The summed E-state index contributed by atoms with van der Waals surface area (Å²) in [4.78, 5) is 23.9. The van der Waals surface area contributed by atoms with Crippen LogP contribution in [0.25, 0.3) is 0 Å². The van der Waals surface area contributed by atoms with E-state index in [0.29, 0.717) is 17.7 Å². The van der Waals surface area contributed by atoms with Gasteiger partial charge in [-0.2, -0.15) is 31.6 Å². The van der Waals surface area contributed by atoms with Gasteiger partial charge in [0.15, 0.2) is 0 Å². The van der Waals surface area contributed by atoms with Crippen molar-refractivity contribution in [3.8, 4) is 6.07 Å². The van der Waals surface area contributed by atoms with Crippen molar-refractivity contribution in [3.63, 3.8) is 0 Å².